The fraction of sp³-hybridized carbons (Fsp3) is 0.167. The van der Waals surface area contributed by atoms with E-state index in [1.165, 1.54) is 30.5 Å². The van der Waals surface area contributed by atoms with Crippen LogP contribution >= 0.6 is 0 Å². The lowest BCUT2D eigenvalue weighted by Crippen LogP contribution is -2.17. The van der Waals surface area contributed by atoms with E-state index >= 15 is 0 Å². The second-order valence-corrected chi connectivity index (χ2v) is 4.87. The SMILES string of the molecule is CCOc1ccc(C(=O)/C=C/Nc2cccc(OC(F)(F)F)c2)cc1. The Morgan fingerprint density at radius 1 is 1.12 bits per heavy atom. The van der Waals surface area contributed by atoms with Gasteiger partial charge in [0.2, 0.25) is 0 Å². The second kappa shape index (κ2) is 8.23. The molecule has 0 saturated carbocycles. The largest absolute Gasteiger partial charge is 0.573 e. The van der Waals surface area contributed by atoms with Crippen molar-refractivity contribution < 1.29 is 27.4 Å². The van der Waals surface area contributed by atoms with Crippen molar-refractivity contribution in [3.63, 3.8) is 0 Å². The van der Waals surface area contributed by atoms with Crippen molar-refractivity contribution in [2.24, 2.45) is 0 Å². The Bertz CT molecular complexity index is 740. The molecule has 0 bridgehead atoms. The van der Waals surface area contributed by atoms with Gasteiger partial charge in [0.15, 0.2) is 5.78 Å². The molecule has 0 spiro atoms. The summed E-state index contributed by atoms with van der Waals surface area (Å²) in [6.45, 7) is 2.40. The highest BCUT2D eigenvalue weighted by molar-refractivity contribution is 6.04. The molecule has 2 aromatic rings. The van der Waals surface area contributed by atoms with E-state index in [1.807, 2.05) is 6.92 Å². The van der Waals surface area contributed by atoms with Crippen molar-refractivity contribution in [1.29, 1.82) is 0 Å². The molecular weight excluding hydrogens is 335 g/mol. The van der Waals surface area contributed by atoms with Crippen LogP contribution in [0.15, 0.2) is 60.8 Å². The standard InChI is InChI=1S/C18H16F3NO3/c1-2-24-15-8-6-13(7-9-15)17(23)10-11-22-14-4-3-5-16(12-14)25-18(19,20)21/h3-12,22H,2H2,1H3/b11-10+. The number of alkyl halides is 3. The smallest absolute Gasteiger partial charge is 0.494 e. The zero-order chi connectivity index (χ0) is 18.3. The van der Waals surface area contributed by atoms with Gasteiger partial charge in [-0.15, -0.1) is 13.2 Å². The van der Waals surface area contributed by atoms with Gasteiger partial charge in [-0.25, -0.2) is 0 Å². The third-order valence-electron chi connectivity index (χ3n) is 3.00. The van der Waals surface area contributed by atoms with Crippen LogP contribution in [-0.4, -0.2) is 18.8 Å². The Balaban J connectivity index is 1.96. The van der Waals surface area contributed by atoms with Crippen molar-refractivity contribution >= 4 is 11.5 Å². The van der Waals surface area contributed by atoms with E-state index in [-0.39, 0.29) is 11.5 Å². The van der Waals surface area contributed by atoms with E-state index in [0.29, 0.717) is 23.6 Å². The third-order valence-corrected chi connectivity index (χ3v) is 3.00. The number of ketones is 1. The molecule has 0 aliphatic rings. The van der Waals surface area contributed by atoms with Crippen LogP contribution in [0.5, 0.6) is 11.5 Å². The summed E-state index contributed by atoms with van der Waals surface area (Å²) in [6, 6.07) is 12.0. The Morgan fingerprint density at radius 2 is 1.84 bits per heavy atom. The number of allylic oxidation sites excluding steroid dienone is 1. The molecule has 0 unspecified atom stereocenters. The third kappa shape index (κ3) is 6.21. The molecule has 0 atom stereocenters. The summed E-state index contributed by atoms with van der Waals surface area (Å²) in [6.07, 6.45) is -2.11. The topological polar surface area (TPSA) is 47.6 Å². The number of hydrogen-bond donors (Lipinski definition) is 1. The molecule has 7 heteroatoms. The molecule has 132 valence electrons. The van der Waals surface area contributed by atoms with E-state index in [0.717, 1.165) is 0 Å². The first-order valence-electron chi connectivity index (χ1n) is 7.43. The van der Waals surface area contributed by atoms with Crippen molar-refractivity contribution in [1.82, 2.24) is 0 Å². The summed E-state index contributed by atoms with van der Waals surface area (Å²) in [4.78, 5) is 12.0. The Hall–Kier alpha value is -2.96. The van der Waals surface area contributed by atoms with Gasteiger partial charge in [0.25, 0.3) is 0 Å². The number of carbonyl (C=O) groups is 1. The minimum atomic E-state index is -4.75. The first-order valence-corrected chi connectivity index (χ1v) is 7.43. The Morgan fingerprint density at radius 3 is 2.48 bits per heavy atom. The van der Waals surface area contributed by atoms with Gasteiger partial charge in [0.1, 0.15) is 11.5 Å². The summed E-state index contributed by atoms with van der Waals surface area (Å²) in [7, 11) is 0. The number of halogens is 3. The molecule has 0 aliphatic carbocycles. The number of ether oxygens (including phenoxy) is 2. The van der Waals surface area contributed by atoms with E-state index in [9.17, 15) is 18.0 Å². The highest BCUT2D eigenvalue weighted by Crippen LogP contribution is 2.25. The fourth-order valence-electron chi connectivity index (χ4n) is 1.97. The van der Waals surface area contributed by atoms with Crippen LogP contribution in [0.1, 0.15) is 17.3 Å². The predicted octanol–water partition coefficient (Wildman–Crippen LogP) is 4.79. The maximum absolute atomic E-state index is 12.2. The van der Waals surface area contributed by atoms with Crippen LogP contribution in [0, 0.1) is 0 Å². The van der Waals surface area contributed by atoms with E-state index in [4.69, 9.17) is 4.74 Å². The molecule has 2 rings (SSSR count). The maximum Gasteiger partial charge on any atom is 0.573 e. The average molecular weight is 351 g/mol. The van der Waals surface area contributed by atoms with Gasteiger partial charge < -0.3 is 14.8 Å². The molecule has 25 heavy (non-hydrogen) atoms. The fourth-order valence-corrected chi connectivity index (χ4v) is 1.97. The lowest BCUT2D eigenvalue weighted by molar-refractivity contribution is -0.274. The molecule has 0 aliphatic heterocycles. The van der Waals surface area contributed by atoms with Gasteiger partial charge in [-0.05, 0) is 43.3 Å². The van der Waals surface area contributed by atoms with Gasteiger partial charge in [-0.2, -0.15) is 0 Å². The summed E-state index contributed by atoms with van der Waals surface area (Å²) in [5.41, 5.74) is 0.827. The van der Waals surface area contributed by atoms with Crippen LogP contribution in [0.4, 0.5) is 18.9 Å². The maximum atomic E-state index is 12.2. The minimum Gasteiger partial charge on any atom is -0.494 e. The first kappa shape index (κ1) is 18.4. The Labute approximate surface area is 142 Å². The van der Waals surface area contributed by atoms with Gasteiger partial charge in [-0.3, -0.25) is 4.79 Å². The molecule has 0 radical (unpaired) electrons. The lowest BCUT2D eigenvalue weighted by atomic mass is 10.1. The van der Waals surface area contributed by atoms with E-state index < -0.39 is 6.36 Å². The summed E-state index contributed by atoms with van der Waals surface area (Å²) < 4.78 is 45.7. The molecule has 2 aromatic carbocycles. The van der Waals surface area contributed by atoms with Crippen molar-refractivity contribution in [3.8, 4) is 11.5 Å². The van der Waals surface area contributed by atoms with Crippen LogP contribution < -0.4 is 14.8 Å². The summed E-state index contributed by atoms with van der Waals surface area (Å²) in [5, 5.41) is 2.73. The minimum absolute atomic E-state index is 0.252. The predicted molar refractivity (Wildman–Crippen MR) is 87.8 cm³/mol. The molecule has 1 N–H and O–H groups in total. The number of anilines is 1. The van der Waals surface area contributed by atoms with E-state index in [1.54, 1.807) is 30.3 Å². The van der Waals surface area contributed by atoms with Crippen LogP contribution in [0.2, 0.25) is 0 Å². The molecule has 0 aromatic heterocycles. The van der Waals surface area contributed by atoms with Crippen LogP contribution in [0.3, 0.4) is 0 Å². The molecule has 0 saturated heterocycles. The molecule has 0 fully saturated rings. The van der Waals surface area contributed by atoms with Crippen molar-refractivity contribution in [2.45, 2.75) is 13.3 Å². The van der Waals surface area contributed by atoms with E-state index in [2.05, 4.69) is 10.1 Å². The Kier molecular flexibility index (Phi) is 6.05. The number of carbonyl (C=O) groups excluding carboxylic acids is 1. The lowest BCUT2D eigenvalue weighted by Gasteiger charge is -2.09. The number of rotatable bonds is 7. The van der Waals surface area contributed by atoms with Crippen molar-refractivity contribution in [2.75, 3.05) is 11.9 Å². The molecule has 4 nitrogen and oxygen atoms in total. The quantitative estimate of drug-likeness (QED) is 0.575. The average Bonchev–Trinajstić information content (AvgIpc) is 2.54. The van der Waals surface area contributed by atoms with Gasteiger partial charge in [0, 0.05) is 29.6 Å². The summed E-state index contributed by atoms with van der Waals surface area (Å²) >= 11 is 0. The molecule has 0 heterocycles. The molecule has 0 amide bonds. The second-order valence-electron chi connectivity index (χ2n) is 4.87. The van der Waals surface area contributed by atoms with Gasteiger partial charge in [0.05, 0.1) is 6.61 Å². The number of nitrogens with one attached hydrogen (secondary N) is 1. The monoisotopic (exact) mass is 351 g/mol. The summed E-state index contributed by atoms with van der Waals surface area (Å²) in [5.74, 6) is 0.0737. The molecular formula is C18H16F3NO3. The number of benzene rings is 2. The number of hydrogen-bond acceptors (Lipinski definition) is 4. The van der Waals surface area contributed by atoms with Gasteiger partial charge >= 0.3 is 6.36 Å². The zero-order valence-corrected chi connectivity index (χ0v) is 13.3. The van der Waals surface area contributed by atoms with Crippen LogP contribution in [0.25, 0.3) is 0 Å². The van der Waals surface area contributed by atoms with Crippen LogP contribution in [-0.2, 0) is 0 Å². The highest BCUT2D eigenvalue weighted by Gasteiger charge is 2.31. The van der Waals surface area contributed by atoms with Gasteiger partial charge in [-0.1, -0.05) is 6.07 Å². The first-order chi connectivity index (χ1) is 11.9. The van der Waals surface area contributed by atoms with Crippen molar-refractivity contribution in [3.05, 3.63) is 66.4 Å². The zero-order valence-electron chi connectivity index (χ0n) is 13.3. The highest BCUT2D eigenvalue weighted by atomic mass is 19.4. The normalized spacial score (nSPS) is 11.4.